The van der Waals surface area contributed by atoms with Crippen LogP contribution in [0, 0.1) is 0 Å². The van der Waals surface area contributed by atoms with Crippen LogP contribution >= 0.6 is 0 Å². The summed E-state index contributed by atoms with van der Waals surface area (Å²) in [6.45, 7) is 0.0666. The number of carbonyl (C=O) groups is 2. The molecule has 130 valence electrons. The van der Waals surface area contributed by atoms with Crippen molar-refractivity contribution in [2.75, 3.05) is 13.3 Å². The van der Waals surface area contributed by atoms with Gasteiger partial charge in [-0.1, -0.05) is 0 Å². The van der Waals surface area contributed by atoms with E-state index in [9.17, 15) is 9.59 Å². The second-order valence-corrected chi connectivity index (χ2v) is 6.06. The van der Waals surface area contributed by atoms with Crippen LogP contribution < -0.4 is 20.1 Å². The summed E-state index contributed by atoms with van der Waals surface area (Å²) in [4.78, 5) is 24.4. The highest BCUT2D eigenvalue weighted by atomic mass is 16.7. The van der Waals surface area contributed by atoms with Crippen molar-refractivity contribution in [1.29, 1.82) is 0 Å². The summed E-state index contributed by atoms with van der Waals surface area (Å²) in [5.41, 5.74) is 1.45. The summed E-state index contributed by atoms with van der Waals surface area (Å²) in [7, 11) is 0. The van der Waals surface area contributed by atoms with Crippen molar-refractivity contribution in [3.05, 3.63) is 47.4 Å². The van der Waals surface area contributed by atoms with Crippen molar-refractivity contribution in [3.63, 3.8) is 0 Å². The highest BCUT2D eigenvalue weighted by molar-refractivity contribution is 5.97. The molecule has 1 aliphatic heterocycles. The van der Waals surface area contributed by atoms with E-state index in [2.05, 4.69) is 10.6 Å². The van der Waals surface area contributed by atoms with Crippen LogP contribution in [0.1, 0.15) is 40.6 Å². The molecular weight excluding hydrogens is 324 g/mol. The van der Waals surface area contributed by atoms with Gasteiger partial charge in [-0.15, -0.1) is 0 Å². The zero-order valence-electron chi connectivity index (χ0n) is 13.5. The number of benzene rings is 1. The second-order valence-electron chi connectivity index (χ2n) is 6.06. The lowest BCUT2D eigenvalue weighted by Gasteiger charge is -2.22. The molecule has 0 bridgehead atoms. The number of hydrogen-bond acceptors (Lipinski definition) is 5. The SMILES string of the molecule is O=C(CNC(=O)c1ccc2c(c1)OCO2)NC1CCCc2occc21. The average Bonchev–Trinajstić information content (AvgIpc) is 3.28. The summed E-state index contributed by atoms with van der Waals surface area (Å²) in [6, 6.07) is 6.76. The molecule has 7 nitrogen and oxygen atoms in total. The van der Waals surface area contributed by atoms with Crippen molar-refractivity contribution < 1.29 is 23.5 Å². The Labute approximate surface area is 144 Å². The molecule has 0 saturated carbocycles. The Hall–Kier alpha value is -2.96. The van der Waals surface area contributed by atoms with E-state index in [1.807, 2.05) is 6.07 Å². The van der Waals surface area contributed by atoms with Gasteiger partial charge in [0.1, 0.15) is 5.76 Å². The third-order valence-corrected chi connectivity index (χ3v) is 4.43. The van der Waals surface area contributed by atoms with Gasteiger partial charge in [0, 0.05) is 17.5 Å². The topological polar surface area (TPSA) is 89.8 Å². The van der Waals surface area contributed by atoms with E-state index in [1.165, 1.54) is 0 Å². The minimum absolute atomic E-state index is 0.0579. The summed E-state index contributed by atoms with van der Waals surface area (Å²) in [6.07, 6.45) is 4.38. The van der Waals surface area contributed by atoms with Crippen LogP contribution in [-0.2, 0) is 11.2 Å². The Morgan fingerprint density at radius 2 is 2.04 bits per heavy atom. The fourth-order valence-electron chi connectivity index (χ4n) is 3.18. The maximum absolute atomic E-state index is 12.2. The van der Waals surface area contributed by atoms with E-state index in [-0.39, 0.29) is 31.2 Å². The Morgan fingerprint density at radius 1 is 1.16 bits per heavy atom. The molecule has 2 heterocycles. The average molecular weight is 342 g/mol. The molecule has 1 atom stereocenters. The highest BCUT2D eigenvalue weighted by Gasteiger charge is 2.24. The first-order valence-corrected chi connectivity index (χ1v) is 8.24. The number of furan rings is 1. The first-order chi connectivity index (χ1) is 12.2. The van der Waals surface area contributed by atoms with Crippen molar-refractivity contribution in [2.45, 2.75) is 25.3 Å². The Balaban J connectivity index is 1.33. The summed E-state index contributed by atoms with van der Waals surface area (Å²) >= 11 is 0. The van der Waals surface area contributed by atoms with Gasteiger partial charge in [-0.2, -0.15) is 0 Å². The number of rotatable bonds is 4. The summed E-state index contributed by atoms with van der Waals surface area (Å²) in [5, 5.41) is 5.58. The first-order valence-electron chi connectivity index (χ1n) is 8.24. The largest absolute Gasteiger partial charge is 0.469 e. The molecule has 25 heavy (non-hydrogen) atoms. The molecule has 0 saturated heterocycles. The van der Waals surface area contributed by atoms with Gasteiger partial charge in [-0.25, -0.2) is 0 Å². The molecule has 7 heteroatoms. The lowest BCUT2D eigenvalue weighted by atomic mass is 9.93. The third kappa shape index (κ3) is 3.17. The molecule has 1 aromatic carbocycles. The second kappa shape index (κ2) is 6.51. The van der Waals surface area contributed by atoms with E-state index in [1.54, 1.807) is 24.5 Å². The minimum atomic E-state index is -0.332. The molecule has 0 spiro atoms. The fourth-order valence-corrected chi connectivity index (χ4v) is 3.18. The molecule has 0 radical (unpaired) electrons. The molecule has 4 rings (SSSR count). The van der Waals surface area contributed by atoms with E-state index < -0.39 is 0 Å². The molecule has 1 unspecified atom stereocenters. The van der Waals surface area contributed by atoms with Gasteiger partial charge in [0.25, 0.3) is 5.91 Å². The summed E-state index contributed by atoms with van der Waals surface area (Å²) < 4.78 is 15.9. The van der Waals surface area contributed by atoms with Crippen molar-refractivity contribution in [3.8, 4) is 11.5 Å². The van der Waals surface area contributed by atoms with Crippen LogP contribution in [0.25, 0.3) is 0 Å². The molecule has 1 aromatic heterocycles. The number of amides is 2. The molecule has 2 amide bonds. The molecule has 2 N–H and O–H groups in total. The van der Waals surface area contributed by atoms with Gasteiger partial charge in [0.2, 0.25) is 12.7 Å². The number of aryl methyl sites for hydroxylation is 1. The number of fused-ring (bicyclic) bond motifs is 2. The Kier molecular flexibility index (Phi) is 4.05. The smallest absolute Gasteiger partial charge is 0.251 e. The van der Waals surface area contributed by atoms with E-state index in [0.29, 0.717) is 17.1 Å². The Bertz CT molecular complexity index is 814. The highest BCUT2D eigenvalue weighted by Crippen LogP contribution is 2.32. The normalized spacial score (nSPS) is 17.7. The van der Waals surface area contributed by atoms with Crippen molar-refractivity contribution >= 4 is 11.8 Å². The molecule has 2 aliphatic rings. The van der Waals surface area contributed by atoms with E-state index in [4.69, 9.17) is 13.9 Å². The van der Waals surface area contributed by atoms with Crippen LogP contribution in [0.2, 0.25) is 0 Å². The Morgan fingerprint density at radius 3 is 2.96 bits per heavy atom. The summed E-state index contributed by atoms with van der Waals surface area (Å²) in [5.74, 6) is 1.52. The molecular formula is C18H18N2O5. The van der Waals surface area contributed by atoms with Gasteiger partial charge in [-0.05, 0) is 37.1 Å². The fraction of sp³-hybridized carbons (Fsp3) is 0.333. The lowest BCUT2D eigenvalue weighted by molar-refractivity contribution is -0.121. The van der Waals surface area contributed by atoms with E-state index in [0.717, 1.165) is 30.6 Å². The van der Waals surface area contributed by atoms with Crippen LogP contribution in [0.15, 0.2) is 34.9 Å². The maximum Gasteiger partial charge on any atom is 0.251 e. The van der Waals surface area contributed by atoms with Crippen LogP contribution in [0.4, 0.5) is 0 Å². The number of hydrogen-bond donors (Lipinski definition) is 2. The van der Waals surface area contributed by atoms with Crippen LogP contribution in [0.3, 0.4) is 0 Å². The maximum atomic E-state index is 12.2. The van der Waals surface area contributed by atoms with Gasteiger partial charge < -0.3 is 24.5 Å². The van der Waals surface area contributed by atoms with Crippen LogP contribution in [-0.4, -0.2) is 25.2 Å². The van der Waals surface area contributed by atoms with E-state index >= 15 is 0 Å². The third-order valence-electron chi connectivity index (χ3n) is 4.43. The standard InChI is InChI=1S/C18H18N2O5/c21-17(20-13-2-1-3-14-12(13)6-7-23-14)9-19-18(22)11-4-5-15-16(8-11)25-10-24-15/h4-8,13H,1-3,9-10H2,(H,19,22)(H,20,21). The van der Waals surface area contributed by atoms with Crippen molar-refractivity contribution in [1.82, 2.24) is 10.6 Å². The minimum Gasteiger partial charge on any atom is -0.469 e. The van der Waals surface area contributed by atoms with Crippen molar-refractivity contribution in [2.24, 2.45) is 0 Å². The lowest BCUT2D eigenvalue weighted by Crippen LogP contribution is -2.39. The van der Waals surface area contributed by atoms with Gasteiger partial charge in [0.05, 0.1) is 18.8 Å². The molecule has 0 fully saturated rings. The van der Waals surface area contributed by atoms with Gasteiger partial charge >= 0.3 is 0 Å². The predicted octanol–water partition coefficient (Wildman–Crippen LogP) is 1.93. The number of ether oxygens (including phenoxy) is 2. The van der Waals surface area contributed by atoms with Crippen LogP contribution in [0.5, 0.6) is 11.5 Å². The predicted molar refractivity (Wildman–Crippen MR) is 87.4 cm³/mol. The molecule has 1 aliphatic carbocycles. The zero-order valence-corrected chi connectivity index (χ0v) is 13.5. The number of nitrogens with one attached hydrogen (secondary N) is 2. The van der Waals surface area contributed by atoms with Gasteiger partial charge in [0.15, 0.2) is 11.5 Å². The first kappa shape index (κ1) is 15.6. The monoisotopic (exact) mass is 342 g/mol. The molecule has 2 aromatic rings. The number of carbonyl (C=O) groups excluding carboxylic acids is 2. The zero-order chi connectivity index (χ0) is 17.2. The van der Waals surface area contributed by atoms with Gasteiger partial charge in [-0.3, -0.25) is 9.59 Å². The quantitative estimate of drug-likeness (QED) is 0.886.